The smallest absolute Gasteiger partial charge is 0.250 e. The van der Waals surface area contributed by atoms with Gasteiger partial charge < -0.3 is 15.3 Å². The van der Waals surface area contributed by atoms with Crippen LogP contribution in [-0.4, -0.2) is 61.9 Å². The highest BCUT2D eigenvalue weighted by Crippen LogP contribution is 2.31. The number of nitrogens with one attached hydrogen (secondary N) is 1. The summed E-state index contributed by atoms with van der Waals surface area (Å²) >= 11 is 0. The highest BCUT2D eigenvalue weighted by molar-refractivity contribution is 6.10. The Balaban J connectivity index is 1.50. The predicted octanol–water partition coefficient (Wildman–Crippen LogP) is 2.43. The molecule has 10 heteroatoms. The van der Waals surface area contributed by atoms with Crippen LogP contribution in [0.5, 0.6) is 0 Å². The lowest BCUT2D eigenvalue weighted by molar-refractivity contribution is -0.113. The first-order chi connectivity index (χ1) is 16.8. The maximum Gasteiger partial charge on any atom is 0.250 e. The van der Waals surface area contributed by atoms with Crippen molar-refractivity contribution in [2.24, 2.45) is 5.92 Å². The van der Waals surface area contributed by atoms with Gasteiger partial charge in [0, 0.05) is 25.1 Å². The van der Waals surface area contributed by atoms with Crippen molar-refractivity contribution in [3.63, 3.8) is 0 Å². The van der Waals surface area contributed by atoms with Gasteiger partial charge in [0.15, 0.2) is 0 Å². The van der Waals surface area contributed by atoms with E-state index in [1.54, 1.807) is 24.0 Å². The number of aromatic nitrogens is 4. The lowest BCUT2D eigenvalue weighted by Crippen LogP contribution is -2.32. The Kier molecular flexibility index (Phi) is 7.02. The Morgan fingerprint density at radius 1 is 1.37 bits per heavy atom. The first kappa shape index (κ1) is 24.2. The summed E-state index contributed by atoms with van der Waals surface area (Å²) in [6.07, 6.45) is 3.15. The zero-order valence-corrected chi connectivity index (χ0v) is 19.2. The van der Waals surface area contributed by atoms with Gasteiger partial charge in [-0.15, -0.1) is 0 Å². The Labute approximate surface area is 202 Å². The fourth-order valence-corrected chi connectivity index (χ4v) is 4.04. The van der Waals surface area contributed by atoms with E-state index in [0.717, 1.165) is 5.56 Å². The third kappa shape index (κ3) is 5.12. The minimum absolute atomic E-state index is 0.151. The van der Waals surface area contributed by atoms with Crippen LogP contribution >= 0.6 is 0 Å². The molecule has 3 aromatic rings. The molecule has 2 N–H and O–H groups in total. The van der Waals surface area contributed by atoms with Crippen molar-refractivity contribution in [1.82, 2.24) is 19.7 Å². The monoisotopic (exact) mass is 477 g/mol. The standard InChI is InChI=1S/C25H26FN6O3/c1-4-21(33)31(3)17-7-5-6-16(11-17)13-32-9-8-19(30-32)24(35)18-12-27-14-28-25(18)29-20-10-15(2)23(34)22(20)26/h4-9,11-12,14-15,20,22-23,34H,1-2,10,13H2,3H3,(H,27,28,29)/t15-,20-,22-,23-/m1/s1. The fraction of sp³-hybridized carbons (Fsp3) is 0.280. The fourth-order valence-electron chi connectivity index (χ4n) is 4.04. The van der Waals surface area contributed by atoms with Crippen LogP contribution in [0.4, 0.5) is 15.9 Å². The molecule has 9 nitrogen and oxygen atoms in total. The van der Waals surface area contributed by atoms with E-state index in [2.05, 4.69) is 33.9 Å². The highest BCUT2D eigenvalue weighted by Gasteiger charge is 2.41. The van der Waals surface area contributed by atoms with Gasteiger partial charge in [0.25, 0.3) is 0 Å². The molecule has 1 aromatic carbocycles. The number of aliphatic hydroxyl groups is 1. The molecule has 1 saturated carbocycles. The van der Waals surface area contributed by atoms with Gasteiger partial charge in [0.05, 0.1) is 24.3 Å². The molecule has 1 radical (unpaired) electrons. The summed E-state index contributed by atoms with van der Waals surface area (Å²) in [7, 11) is 1.66. The Hall–Kier alpha value is -3.92. The third-order valence-corrected chi connectivity index (χ3v) is 6.05. The minimum atomic E-state index is -1.52. The summed E-state index contributed by atoms with van der Waals surface area (Å²) < 4.78 is 16.0. The van der Waals surface area contributed by atoms with Gasteiger partial charge in [-0.1, -0.05) is 18.7 Å². The van der Waals surface area contributed by atoms with Gasteiger partial charge in [0.1, 0.15) is 24.0 Å². The van der Waals surface area contributed by atoms with Crippen molar-refractivity contribution in [2.75, 3.05) is 17.3 Å². The summed E-state index contributed by atoms with van der Waals surface area (Å²) in [5.74, 6) is -0.916. The lowest BCUT2D eigenvalue weighted by atomic mass is 10.1. The Morgan fingerprint density at radius 3 is 2.89 bits per heavy atom. The van der Waals surface area contributed by atoms with Crippen LogP contribution in [0, 0.1) is 12.8 Å². The number of anilines is 2. The third-order valence-electron chi connectivity index (χ3n) is 6.05. The number of ketones is 1. The molecule has 4 atom stereocenters. The number of carbonyl (C=O) groups is 2. The predicted molar refractivity (Wildman–Crippen MR) is 129 cm³/mol. The normalized spacial score (nSPS) is 21.5. The van der Waals surface area contributed by atoms with Crippen molar-refractivity contribution in [3.8, 4) is 0 Å². The molecule has 1 aliphatic carbocycles. The van der Waals surface area contributed by atoms with Crippen LogP contribution < -0.4 is 10.2 Å². The van der Waals surface area contributed by atoms with E-state index in [-0.39, 0.29) is 23.0 Å². The number of alkyl halides is 1. The van der Waals surface area contributed by atoms with Gasteiger partial charge in [-0.2, -0.15) is 5.10 Å². The van der Waals surface area contributed by atoms with E-state index in [0.29, 0.717) is 18.7 Å². The second-order valence-corrected chi connectivity index (χ2v) is 8.47. The van der Waals surface area contributed by atoms with Crippen LogP contribution in [0.2, 0.25) is 0 Å². The molecule has 0 unspecified atom stereocenters. The number of benzene rings is 1. The summed E-state index contributed by atoms with van der Waals surface area (Å²) in [5.41, 5.74) is 1.92. The van der Waals surface area contributed by atoms with Crippen LogP contribution in [0.15, 0.2) is 61.7 Å². The molecular weight excluding hydrogens is 451 g/mol. The average molecular weight is 478 g/mol. The second kappa shape index (κ2) is 10.1. The quantitative estimate of drug-likeness (QED) is 0.378. The molecular formula is C25H26FN6O3. The number of carbonyl (C=O) groups excluding carboxylic acids is 2. The van der Waals surface area contributed by atoms with Crippen molar-refractivity contribution in [3.05, 3.63) is 85.5 Å². The van der Waals surface area contributed by atoms with E-state index in [4.69, 9.17) is 0 Å². The summed E-state index contributed by atoms with van der Waals surface area (Å²) in [5, 5.41) is 17.2. The van der Waals surface area contributed by atoms with Crippen LogP contribution in [0.3, 0.4) is 0 Å². The maximum absolute atomic E-state index is 14.4. The molecule has 35 heavy (non-hydrogen) atoms. The van der Waals surface area contributed by atoms with Crippen molar-refractivity contribution < 1.29 is 19.1 Å². The van der Waals surface area contributed by atoms with Gasteiger partial charge in [-0.3, -0.25) is 14.3 Å². The number of hydrogen-bond acceptors (Lipinski definition) is 7. The lowest BCUT2D eigenvalue weighted by Gasteiger charge is -2.18. The largest absolute Gasteiger partial charge is 0.390 e. The van der Waals surface area contributed by atoms with Crippen molar-refractivity contribution in [1.29, 1.82) is 0 Å². The number of rotatable bonds is 8. The Morgan fingerprint density at radius 2 is 2.17 bits per heavy atom. The number of aliphatic hydroxyl groups excluding tert-OH is 1. The van der Waals surface area contributed by atoms with Gasteiger partial charge in [-0.05, 0) is 49.1 Å². The van der Waals surface area contributed by atoms with E-state index in [9.17, 15) is 19.1 Å². The molecule has 1 fully saturated rings. The molecule has 0 spiro atoms. The Bertz CT molecular complexity index is 1250. The molecule has 2 heterocycles. The summed E-state index contributed by atoms with van der Waals surface area (Å²) in [6.45, 7) is 7.65. The second-order valence-electron chi connectivity index (χ2n) is 8.47. The van der Waals surface area contributed by atoms with E-state index in [1.165, 1.54) is 23.5 Å². The topological polar surface area (TPSA) is 113 Å². The SMILES string of the molecule is [CH2][C@@H]1C[C@@H](Nc2ncncc2C(=O)c2ccn(Cc3cccc(N(C)C(=O)C=C)c3)n2)[C@@H](F)[C@@H]1O. The highest BCUT2D eigenvalue weighted by atomic mass is 19.1. The molecule has 0 saturated heterocycles. The van der Waals surface area contributed by atoms with Gasteiger partial charge >= 0.3 is 0 Å². The summed E-state index contributed by atoms with van der Waals surface area (Å²) in [6, 6.07) is 8.27. The first-order valence-corrected chi connectivity index (χ1v) is 11.1. The molecule has 0 bridgehead atoms. The minimum Gasteiger partial charge on any atom is -0.390 e. The number of hydrogen-bond donors (Lipinski definition) is 2. The van der Waals surface area contributed by atoms with Gasteiger partial charge in [0.2, 0.25) is 11.7 Å². The van der Waals surface area contributed by atoms with Crippen LogP contribution in [0.25, 0.3) is 0 Å². The van der Waals surface area contributed by atoms with Crippen LogP contribution in [0.1, 0.15) is 28.0 Å². The zero-order valence-electron chi connectivity index (χ0n) is 19.2. The average Bonchev–Trinajstić information content (AvgIpc) is 3.43. The number of nitrogens with zero attached hydrogens (tertiary/aromatic N) is 5. The molecule has 1 aliphatic rings. The first-order valence-electron chi connectivity index (χ1n) is 11.1. The molecule has 4 rings (SSSR count). The van der Waals surface area contributed by atoms with Crippen molar-refractivity contribution >= 4 is 23.2 Å². The number of halogens is 1. The van der Waals surface area contributed by atoms with Crippen LogP contribution in [-0.2, 0) is 11.3 Å². The van der Waals surface area contributed by atoms with E-state index in [1.807, 2.05) is 24.3 Å². The zero-order chi connectivity index (χ0) is 25.1. The van der Waals surface area contributed by atoms with Crippen molar-refractivity contribution in [2.45, 2.75) is 31.3 Å². The number of likely N-dealkylation sites (N-methyl/N-ethyl adjacent to an activating group) is 1. The summed E-state index contributed by atoms with van der Waals surface area (Å²) in [4.78, 5) is 34.6. The van der Waals surface area contributed by atoms with E-state index >= 15 is 0 Å². The van der Waals surface area contributed by atoms with E-state index < -0.39 is 30.0 Å². The molecule has 1 amide bonds. The molecule has 2 aromatic heterocycles. The van der Waals surface area contributed by atoms with Gasteiger partial charge in [-0.25, -0.2) is 14.4 Å². The molecule has 181 valence electrons. The molecule has 0 aliphatic heterocycles. The number of amides is 1. The maximum atomic E-state index is 14.4.